The van der Waals surface area contributed by atoms with Gasteiger partial charge in [0.25, 0.3) is 10.0 Å². The largest absolute Gasteiger partial charge is 0.352 e. The number of hydrogen-bond acceptors (Lipinski definition) is 4. The average molecular weight is 395 g/mol. The fourth-order valence-electron chi connectivity index (χ4n) is 1.64. The molecule has 2 heterocycles. The molecule has 0 radical (unpaired) electrons. The molecule has 8 heteroatoms. The van der Waals surface area contributed by atoms with Gasteiger partial charge in [-0.3, -0.25) is 0 Å². The normalized spacial score (nSPS) is 16.4. The summed E-state index contributed by atoms with van der Waals surface area (Å²) in [5, 5.41) is 4.36. The maximum absolute atomic E-state index is 11.9. The van der Waals surface area contributed by atoms with Crippen LogP contribution in [0.4, 0.5) is 0 Å². The lowest BCUT2D eigenvalue weighted by Crippen LogP contribution is -1.94. The highest BCUT2D eigenvalue weighted by Gasteiger charge is 2.36. The van der Waals surface area contributed by atoms with Gasteiger partial charge >= 0.3 is 0 Å². The molecular weight excluding hydrogens is 391 g/mol. The Bertz CT molecular complexity index is 765. The molecule has 1 aromatic heterocycles. The van der Waals surface area contributed by atoms with E-state index in [0.29, 0.717) is 10.6 Å². The molecule has 2 aromatic rings. The van der Waals surface area contributed by atoms with E-state index in [2.05, 4.69) is 9.55 Å². The molecule has 0 fully saturated rings. The topological polar surface area (TPSA) is 72.5 Å². The quantitative estimate of drug-likeness (QED) is 0.697. The Morgan fingerprint density at radius 3 is 2.56 bits per heavy atom. The second kappa shape index (κ2) is 4.04. The number of benzene rings is 1. The van der Waals surface area contributed by atoms with Crippen LogP contribution < -0.4 is 0 Å². The van der Waals surface area contributed by atoms with Crippen molar-refractivity contribution in [1.82, 2.24) is 5.16 Å². The summed E-state index contributed by atoms with van der Waals surface area (Å²) in [4.78, 5) is 0.0224. The second-order valence-electron chi connectivity index (χ2n) is 3.55. The summed E-state index contributed by atoms with van der Waals surface area (Å²) in [6, 6.07) is 6.68. The molecule has 1 aromatic carbocycles. The minimum Gasteiger partial charge on any atom is -0.352 e. The molecule has 0 amide bonds. The van der Waals surface area contributed by atoms with Crippen LogP contribution in [0, 0.1) is 0 Å². The van der Waals surface area contributed by atoms with Crippen molar-refractivity contribution in [2.24, 2.45) is 4.40 Å². The van der Waals surface area contributed by atoms with E-state index < -0.39 is 10.0 Å². The average Bonchev–Trinajstić information content (AvgIpc) is 2.82. The summed E-state index contributed by atoms with van der Waals surface area (Å²) >= 11 is 7.59. The van der Waals surface area contributed by atoms with E-state index in [1.54, 1.807) is 46.9 Å². The van der Waals surface area contributed by atoms with Gasteiger partial charge in [0.2, 0.25) is 5.76 Å². The number of rotatable bonds is 1. The van der Waals surface area contributed by atoms with Gasteiger partial charge in [0.15, 0.2) is 8.61 Å². The van der Waals surface area contributed by atoms with E-state index in [1.165, 1.54) is 0 Å². The number of sulfonamides is 1. The van der Waals surface area contributed by atoms with Gasteiger partial charge in [-0.2, -0.15) is 8.42 Å². The van der Waals surface area contributed by atoms with E-state index in [1.807, 2.05) is 0 Å². The van der Waals surface area contributed by atoms with Gasteiger partial charge in [-0.15, -0.1) is 4.40 Å². The van der Waals surface area contributed by atoms with Gasteiger partial charge in [0, 0.05) is 10.6 Å². The molecule has 0 saturated carbocycles. The van der Waals surface area contributed by atoms with Crippen LogP contribution in [0.5, 0.6) is 0 Å². The van der Waals surface area contributed by atoms with Crippen LogP contribution in [0.2, 0.25) is 5.02 Å². The number of nitrogens with zero attached hydrogens (tertiary/aromatic N) is 2. The van der Waals surface area contributed by atoms with Crippen molar-refractivity contribution in [2.75, 3.05) is 0 Å². The molecule has 0 saturated heterocycles. The predicted octanol–water partition coefficient (Wildman–Crippen LogP) is 2.88. The number of hydrogen-bond donors (Lipinski definition) is 0. The van der Waals surface area contributed by atoms with Crippen molar-refractivity contribution in [3.8, 4) is 11.3 Å². The Morgan fingerprint density at radius 2 is 1.89 bits per heavy atom. The molecule has 1 aliphatic rings. The highest BCUT2D eigenvalue weighted by Crippen LogP contribution is 2.37. The molecule has 18 heavy (non-hydrogen) atoms. The fraction of sp³-hybridized carbons (Fsp3) is 0. The first-order chi connectivity index (χ1) is 8.49. The van der Waals surface area contributed by atoms with Gasteiger partial charge < -0.3 is 4.52 Å². The predicted molar refractivity (Wildman–Crippen MR) is 74.7 cm³/mol. The van der Waals surface area contributed by atoms with Gasteiger partial charge in [-0.1, -0.05) is 28.9 Å². The minimum absolute atomic E-state index is 0.0224. The van der Waals surface area contributed by atoms with Crippen LogP contribution in [-0.4, -0.2) is 17.3 Å². The first-order valence-electron chi connectivity index (χ1n) is 4.75. The molecule has 0 bridgehead atoms. The first kappa shape index (κ1) is 12.1. The molecule has 0 N–H and O–H groups in total. The molecule has 5 nitrogen and oxygen atoms in total. The summed E-state index contributed by atoms with van der Waals surface area (Å²) in [5.74, 6) is 0.195. The van der Waals surface area contributed by atoms with Crippen molar-refractivity contribution in [1.29, 1.82) is 0 Å². The van der Waals surface area contributed by atoms with E-state index in [-0.39, 0.29) is 20.1 Å². The Hall–Kier alpha value is -0.930. The molecule has 0 unspecified atom stereocenters. The SMILES string of the molecule is O=S1(=O)N=C(I)c2onc(-c3ccc(Cl)cc3)c21. The fourth-order valence-corrected chi connectivity index (χ4v) is 4.24. The third-order valence-electron chi connectivity index (χ3n) is 2.41. The Kier molecular flexibility index (Phi) is 2.72. The Morgan fingerprint density at radius 1 is 1.22 bits per heavy atom. The van der Waals surface area contributed by atoms with Gasteiger partial charge in [0.1, 0.15) is 5.69 Å². The maximum atomic E-state index is 11.9. The Balaban J connectivity index is 2.25. The van der Waals surface area contributed by atoms with Crippen molar-refractivity contribution in [2.45, 2.75) is 4.90 Å². The number of aromatic nitrogens is 1. The summed E-state index contributed by atoms with van der Waals surface area (Å²) in [6.45, 7) is 0. The second-order valence-corrected chi connectivity index (χ2v) is 6.55. The molecule has 0 aliphatic carbocycles. The zero-order chi connectivity index (χ0) is 12.9. The summed E-state index contributed by atoms with van der Waals surface area (Å²) in [5.41, 5.74) is 0.881. The molecule has 3 rings (SSSR count). The van der Waals surface area contributed by atoms with Crippen molar-refractivity contribution >= 4 is 47.9 Å². The van der Waals surface area contributed by atoms with E-state index in [0.717, 1.165) is 0 Å². The van der Waals surface area contributed by atoms with E-state index >= 15 is 0 Å². The van der Waals surface area contributed by atoms with Crippen LogP contribution >= 0.6 is 34.2 Å². The summed E-state index contributed by atoms with van der Waals surface area (Å²) in [7, 11) is -3.71. The first-order valence-corrected chi connectivity index (χ1v) is 7.65. The van der Waals surface area contributed by atoms with Crippen molar-refractivity contribution < 1.29 is 12.9 Å². The zero-order valence-corrected chi connectivity index (χ0v) is 12.3. The summed E-state index contributed by atoms with van der Waals surface area (Å²) < 4.78 is 32.6. The van der Waals surface area contributed by atoms with Crippen LogP contribution in [-0.2, 0) is 10.0 Å². The van der Waals surface area contributed by atoms with Crippen molar-refractivity contribution in [3.63, 3.8) is 0 Å². The minimum atomic E-state index is -3.71. The third kappa shape index (κ3) is 1.77. The van der Waals surface area contributed by atoms with Crippen LogP contribution in [0.25, 0.3) is 11.3 Å². The van der Waals surface area contributed by atoms with Crippen LogP contribution in [0.1, 0.15) is 5.76 Å². The van der Waals surface area contributed by atoms with Gasteiger partial charge in [0.05, 0.1) is 0 Å². The lowest BCUT2D eigenvalue weighted by atomic mass is 10.1. The highest BCUT2D eigenvalue weighted by molar-refractivity contribution is 14.1. The molecule has 0 atom stereocenters. The maximum Gasteiger partial charge on any atom is 0.289 e. The molecule has 92 valence electrons. The van der Waals surface area contributed by atoms with Gasteiger partial charge in [-0.05, 0) is 34.7 Å². The third-order valence-corrected chi connectivity index (χ3v) is 5.04. The van der Waals surface area contributed by atoms with E-state index in [9.17, 15) is 8.42 Å². The van der Waals surface area contributed by atoms with Gasteiger partial charge in [-0.25, -0.2) is 0 Å². The molecule has 1 aliphatic heterocycles. The smallest absolute Gasteiger partial charge is 0.289 e. The monoisotopic (exact) mass is 394 g/mol. The highest BCUT2D eigenvalue weighted by atomic mass is 127. The van der Waals surface area contributed by atoms with Crippen molar-refractivity contribution in [3.05, 3.63) is 35.0 Å². The van der Waals surface area contributed by atoms with Crippen LogP contribution in [0.3, 0.4) is 0 Å². The standard InChI is InChI=1S/C10H4ClIN2O3S/c11-6-3-1-5(2-4-6)7-9-8(17-13-7)10(12)14-18(9,15)16/h1-4H. The molecule has 0 spiro atoms. The lowest BCUT2D eigenvalue weighted by molar-refractivity contribution is 0.415. The Labute approximate surface area is 121 Å². The molecular formula is C10H4ClIN2O3S. The summed E-state index contributed by atoms with van der Waals surface area (Å²) in [6.07, 6.45) is 0. The lowest BCUT2D eigenvalue weighted by Gasteiger charge is -1.97. The zero-order valence-electron chi connectivity index (χ0n) is 8.59. The number of fused-ring (bicyclic) bond motifs is 1. The number of halogens is 2. The van der Waals surface area contributed by atoms with E-state index in [4.69, 9.17) is 16.1 Å². The van der Waals surface area contributed by atoms with Crippen LogP contribution in [0.15, 0.2) is 38.1 Å².